The number of ether oxygens (including phenoxy) is 1. The average molecular weight is 520 g/mol. The molecule has 2 heterocycles. The summed E-state index contributed by atoms with van der Waals surface area (Å²) in [5, 5.41) is 12.2. The van der Waals surface area contributed by atoms with Gasteiger partial charge in [0, 0.05) is 19.1 Å². The number of hydrogen-bond acceptors (Lipinski definition) is 6. The summed E-state index contributed by atoms with van der Waals surface area (Å²) >= 11 is 13.0. The van der Waals surface area contributed by atoms with Crippen molar-refractivity contribution in [2.75, 3.05) is 31.8 Å². The Labute approximate surface area is 212 Å². The third-order valence-corrected chi connectivity index (χ3v) is 7.03. The summed E-state index contributed by atoms with van der Waals surface area (Å²) in [5.41, 5.74) is 4.16. The largest absolute Gasteiger partial charge is 0.465 e. The minimum atomic E-state index is -0.545. The van der Waals surface area contributed by atoms with Gasteiger partial charge in [-0.3, -0.25) is 9.48 Å². The molecule has 180 valence electrons. The molecule has 0 spiro atoms. The Hall–Kier alpha value is -2.95. The number of hydrogen-bond donors (Lipinski definition) is 2. The topological polar surface area (TPSA) is 88.5 Å². The molecule has 0 fully saturated rings. The Morgan fingerprint density at radius 3 is 2.50 bits per heavy atom. The maximum absolute atomic E-state index is 12.6. The first-order valence-corrected chi connectivity index (χ1v) is 11.9. The number of nitrogens with zero attached hydrogens (tertiary/aromatic N) is 3. The van der Waals surface area contributed by atoms with Gasteiger partial charge in [0.25, 0.3) is 5.91 Å². The Bertz CT molecular complexity index is 1270. The zero-order valence-corrected chi connectivity index (χ0v) is 22.2. The molecule has 1 amide bonds. The zero-order chi connectivity index (χ0) is 25.2. The molecule has 0 aliphatic carbocycles. The van der Waals surface area contributed by atoms with Gasteiger partial charge in [-0.15, -0.1) is 11.3 Å². The molecule has 0 saturated carbocycles. The molecule has 1 aromatic carbocycles. The second kappa shape index (κ2) is 10.5. The molecule has 3 aromatic rings. The quantitative estimate of drug-likeness (QED) is 0.355. The maximum atomic E-state index is 12.6. The maximum Gasteiger partial charge on any atom is 0.341 e. The number of esters is 1. The van der Waals surface area contributed by atoms with Crippen molar-refractivity contribution in [3.8, 4) is 0 Å². The van der Waals surface area contributed by atoms with Crippen molar-refractivity contribution in [1.29, 1.82) is 0 Å². The van der Waals surface area contributed by atoms with Crippen LogP contribution in [-0.4, -0.2) is 52.9 Å². The van der Waals surface area contributed by atoms with E-state index in [1.807, 2.05) is 42.8 Å². The Kier molecular flexibility index (Phi) is 7.96. The monoisotopic (exact) mass is 519 g/mol. The van der Waals surface area contributed by atoms with Crippen molar-refractivity contribution in [1.82, 2.24) is 14.7 Å². The van der Waals surface area contributed by atoms with E-state index in [1.54, 1.807) is 21.0 Å². The number of rotatable bonds is 6. The smallest absolute Gasteiger partial charge is 0.341 e. The van der Waals surface area contributed by atoms with E-state index in [1.165, 1.54) is 12.0 Å². The summed E-state index contributed by atoms with van der Waals surface area (Å²) in [6, 6.07) is 7.62. The molecule has 0 radical (unpaired) electrons. The molecular formula is C23H26ClN5O3S2. The summed E-state index contributed by atoms with van der Waals surface area (Å²) in [7, 11) is 4.61. The van der Waals surface area contributed by atoms with Crippen LogP contribution in [-0.2, 0) is 11.3 Å². The predicted octanol–water partition coefficient (Wildman–Crippen LogP) is 4.87. The lowest BCUT2D eigenvalue weighted by molar-refractivity contribution is 0.0601. The second-order valence-electron chi connectivity index (χ2n) is 7.83. The number of thiocarbonyl (C=S) groups is 1. The van der Waals surface area contributed by atoms with E-state index >= 15 is 0 Å². The number of thiophene rings is 1. The summed E-state index contributed by atoms with van der Waals surface area (Å²) in [6.07, 6.45) is 0. The van der Waals surface area contributed by atoms with Gasteiger partial charge in [-0.1, -0.05) is 29.8 Å². The predicted molar refractivity (Wildman–Crippen MR) is 141 cm³/mol. The van der Waals surface area contributed by atoms with Gasteiger partial charge >= 0.3 is 5.97 Å². The van der Waals surface area contributed by atoms with E-state index in [9.17, 15) is 9.59 Å². The van der Waals surface area contributed by atoms with Crippen molar-refractivity contribution in [3.05, 3.63) is 62.2 Å². The minimum absolute atomic E-state index is 0.202. The van der Waals surface area contributed by atoms with Gasteiger partial charge in [-0.2, -0.15) is 5.10 Å². The van der Waals surface area contributed by atoms with Crippen LogP contribution in [0, 0.1) is 20.8 Å². The molecule has 0 unspecified atom stereocenters. The number of aromatic nitrogens is 2. The van der Waals surface area contributed by atoms with E-state index in [-0.39, 0.29) is 16.6 Å². The molecule has 0 bridgehead atoms. The number of carbonyl (C=O) groups is 2. The second-order valence-corrected chi connectivity index (χ2v) is 9.66. The Morgan fingerprint density at radius 1 is 1.21 bits per heavy atom. The van der Waals surface area contributed by atoms with Crippen molar-refractivity contribution < 1.29 is 14.3 Å². The lowest BCUT2D eigenvalue weighted by Crippen LogP contribution is -2.21. The summed E-state index contributed by atoms with van der Waals surface area (Å²) in [5.74, 6) is -0.746. The highest BCUT2D eigenvalue weighted by atomic mass is 35.5. The number of carbonyl (C=O) groups excluding carboxylic acids is 2. The summed E-state index contributed by atoms with van der Waals surface area (Å²) in [4.78, 5) is 26.9. The average Bonchev–Trinajstić information content (AvgIpc) is 3.24. The normalized spacial score (nSPS) is 10.7. The fourth-order valence-corrected chi connectivity index (χ4v) is 5.11. The molecule has 3 rings (SSSR count). The van der Waals surface area contributed by atoms with E-state index in [4.69, 9.17) is 28.6 Å². The van der Waals surface area contributed by atoms with Crippen molar-refractivity contribution in [2.24, 2.45) is 0 Å². The van der Waals surface area contributed by atoms with E-state index < -0.39 is 5.97 Å². The Balaban J connectivity index is 1.86. The standard InChI is InChI=1S/C23H26ClN5O3S2/c1-12-17(22(31)32-6)20(34-19(12)21(30)28(4)5)26-23(33)25-18-13(2)27-29(14(18)3)11-15-9-7-8-10-16(15)24/h7-10H,11H2,1-6H3,(H2,25,26,33). The van der Waals surface area contributed by atoms with Crippen LogP contribution in [0.25, 0.3) is 0 Å². The fraction of sp³-hybridized carbons (Fsp3) is 0.304. The molecule has 0 saturated heterocycles. The number of nitrogens with one attached hydrogen (secondary N) is 2. The number of methoxy groups -OCH3 is 1. The molecular weight excluding hydrogens is 494 g/mol. The molecule has 2 aromatic heterocycles. The number of benzene rings is 1. The van der Waals surface area contributed by atoms with Crippen molar-refractivity contribution in [2.45, 2.75) is 27.3 Å². The van der Waals surface area contributed by atoms with Gasteiger partial charge in [0.05, 0.1) is 41.2 Å². The lowest BCUT2D eigenvalue weighted by Gasteiger charge is -2.12. The Morgan fingerprint density at radius 2 is 1.88 bits per heavy atom. The SMILES string of the molecule is COC(=O)c1c(NC(=S)Nc2c(C)nn(Cc3ccccc3Cl)c2C)sc(C(=O)N(C)C)c1C. The van der Waals surface area contributed by atoms with Crippen LogP contribution in [0.3, 0.4) is 0 Å². The minimum Gasteiger partial charge on any atom is -0.465 e. The van der Waals surface area contributed by atoms with Crippen LogP contribution in [0.2, 0.25) is 5.02 Å². The van der Waals surface area contributed by atoms with Gasteiger partial charge in [0.2, 0.25) is 0 Å². The molecule has 2 N–H and O–H groups in total. The number of halogens is 1. The van der Waals surface area contributed by atoms with E-state index in [0.717, 1.165) is 34.0 Å². The first-order chi connectivity index (χ1) is 16.0. The molecule has 0 atom stereocenters. The van der Waals surface area contributed by atoms with Crippen LogP contribution in [0.1, 0.15) is 42.5 Å². The number of amides is 1. The summed E-state index contributed by atoms with van der Waals surface area (Å²) < 4.78 is 6.79. The van der Waals surface area contributed by atoms with Crippen molar-refractivity contribution in [3.63, 3.8) is 0 Å². The van der Waals surface area contributed by atoms with Crippen LogP contribution in [0.5, 0.6) is 0 Å². The van der Waals surface area contributed by atoms with E-state index in [2.05, 4.69) is 15.7 Å². The molecule has 8 nitrogen and oxygen atoms in total. The highest BCUT2D eigenvalue weighted by Crippen LogP contribution is 2.34. The zero-order valence-electron chi connectivity index (χ0n) is 19.8. The lowest BCUT2D eigenvalue weighted by atomic mass is 10.1. The third-order valence-electron chi connectivity index (χ3n) is 5.26. The van der Waals surface area contributed by atoms with Crippen LogP contribution in [0.15, 0.2) is 24.3 Å². The third kappa shape index (κ3) is 5.24. The van der Waals surface area contributed by atoms with Crippen molar-refractivity contribution >= 4 is 62.8 Å². The van der Waals surface area contributed by atoms with Gasteiger partial charge in [-0.25, -0.2) is 4.79 Å². The molecule has 11 heteroatoms. The van der Waals surface area contributed by atoms with Gasteiger partial charge in [0.15, 0.2) is 5.11 Å². The van der Waals surface area contributed by atoms with Crippen LogP contribution >= 0.6 is 35.2 Å². The first-order valence-electron chi connectivity index (χ1n) is 10.3. The fourth-order valence-electron chi connectivity index (χ4n) is 3.42. The molecule has 0 aliphatic heterocycles. The highest BCUT2D eigenvalue weighted by Gasteiger charge is 2.27. The number of anilines is 2. The highest BCUT2D eigenvalue weighted by molar-refractivity contribution is 7.80. The van der Waals surface area contributed by atoms with Crippen LogP contribution in [0.4, 0.5) is 10.7 Å². The summed E-state index contributed by atoms with van der Waals surface area (Å²) in [6.45, 7) is 6.05. The first kappa shape index (κ1) is 25.7. The van der Waals surface area contributed by atoms with Gasteiger partial charge < -0.3 is 20.3 Å². The van der Waals surface area contributed by atoms with Crippen LogP contribution < -0.4 is 10.6 Å². The van der Waals surface area contributed by atoms with E-state index in [0.29, 0.717) is 27.0 Å². The van der Waals surface area contributed by atoms with Gasteiger partial charge in [-0.05, 0) is 50.2 Å². The molecule has 34 heavy (non-hydrogen) atoms. The van der Waals surface area contributed by atoms with Gasteiger partial charge in [0.1, 0.15) is 5.00 Å². The molecule has 0 aliphatic rings. The number of aryl methyl sites for hydroxylation is 1.